The van der Waals surface area contributed by atoms with Gasteiger partial charge in [-0.25, -0.2) is 4.39 Å². The molecule has 3 N–H and O–H groups in total. The van der Waals surface area contributed by atoms with E-state index in [1.54, 1.807) is 19.2 Å². The molecule has 0 saturated carbocycles. The molecule has 0 bridgehead atoms. The predicted molar refractivity (Wildman–Crippen MR) is 111 cm³/mol. The number of carbonyl (C=O) groups is 1. The number of benzene rings is 2. The number of methoxy groups -OCH3 is 1. The number of rotatable bonds is 8. The third-order valence-corrected chi connectivity index (χ3v) is 5.60. The number of amides is 1. The van der Waals surface area contributed by atoms with E-state index in [9.17, 15) is 9.18 Å². The molecule has 156 valence electrons. The first-order valence-electron chi connectivity index (χ1n) is 10.4. The van der Waals surface area contributed by atoms with E-state index < -0.39 is 0 Å². The van der Waals surface area contributed by atoms with Crippen molar-refractivity contribution in [3.8, 4) is 5.75 Å². The van der Waals surface area contributed by atoms with Crippen LogP contribution in [0.15, 0.2) is 42.5 Å². The number of nitrogens with one attached hydrogen (secondary N) is 3. The van der Waals surface area contributed by atoms with Gasteiger partial charge in [0.05, 0.1) is 7.11 Å². The molecule has 0 radical (unpaired) electrons. The van der Waals surface area contributed by atoms with Gasteiger partial charge >= 0.3 is 0 Å². The maximum atomic E-state index is 12.9. The van der Waals surface area contributed by atoms with Crippen molar-refractivity contribution in [1.29, 1.82) is 0 Å². The molecule has 0 aromatic heterocycles. The summed E-state index contributed by atoms with van der Waals surface area (Å²) in [5.41, 5.74) is 3.54. The van der Waals surface area contributed by atoms with Crippen LogP contribution in [0.5, 0.6) is 5.75 Å². The predicted octanol–water partition coefficient (Wildman–Crippen LogP) is -0.215. The van der Waals surface area contributed by atoms with Gasteiger partial charge in [-0.2, -0.15) is 0 Å². The van der Waals surface area contributed by atoms with E-state index in [1.165, 1.54) is 33.1 Å². The number of aryl methyl sites for hydroxylation is 1. The van der Waals surface area contributed by atoms with Gasteiger partial charge in [0.25, 0.3) is 5.91 Å². The number of hydrogen-bond acceptors (Lipinski definition) is 2. The van der Waals surface area contributed by atoms with Gasteiger partial charge in [-0.3, -0.25) is 4.79 Å². The van der Waals surface area contributed by atoms with Crippen molar-refractivity contribution in [2.75, 3.05) is 46.4 Å². The minimum absolute atomic E-state index is 0.0888. The highest BCUT2D eigenvalue weighted by Crippen LogP contribution is 2.18. The summed E-state index contributed by atoms with van der Waals surface area (Å²) in [7, 11) is 1.72. The zero-order valence-corrected chi connectivity index (χ0v) is 17.4. The highest BCUT2D eigenvalue weighted by molar-refractivity contribution is 5.76. The second-order valence-corrected chi connectivity index (χ2v) is 7.90. The maximum absolute atomic E-state index is 12.9. The smallest absolute Gasteiger partial charge is 0.275 e. The third kappa shape index (κ3) is 6.54. The summed E-state index contributed by atoms with van der Waals surface area (Å²) in [6.45, 7) is 8.26. The molecular weight excluding hydrogens is 369 g/mol. The number of ether oxygens (including phenoxy) is 1. The summed E-state index contributed by atoms with van der Waals surface area (Å²) in [4.78, 5) is 15.1. The molecule has 29 heavy (non-hydrogen) atoms. The van der Waals surface area contributed by atoms with Crippen LogP contribution < -0.4 is 19.9 Å². The molecule has 0 unspecified atom stereocenters. The highest BCUT2D eigenvalue weighted by atomic mass is 19.1. The second kappa shape index (κ2) is 10.4. The normalized spacial score (nSPS) is 19.0. The number of piperazine rings is 1. The lowest BCUT2D eigenvalue weighted by atomic mass is 10.1. The molecule has 0 spiro atoms. The van der Waals surface area contributed by atoms with Crippen LogP contribution in [0.4, 0.5) is 4.39 Å². The number of carbonyl (C=O) groups excluding carboxylic acids is 1. The minimum atomic E-state index is -0.233. The summed E-state index contributed by atoms with van der Waals surface area (Å²) in [5, 5.41) is 2.99. The quantitative estimate of drug-likeness (QED) is 0.573. The van der Waals surface area contributed by atoms with Gasteiger partial charge in [0.2, 0.25) is 0 Å². The molecule has 3 rings (SSSR count). The molecule has 1 saturated heterocycles. The Bertz CT molecular complexity index is 802. The minimum Gasteiger partial charge on any atom is -0.496 e. The van der Waals surface area contributed by atoms with Gasteiger partial charge in [0.1, 0.15) is 44.3 Å². The fraction of sp³-hybridized carbons (Fsp3) is 0.435. The zero-order valence-electron chi connectivity index (χ0n) is 17.4. The monoisotopic (exact) mass is 401 g/mol. The Balaban J connectivity index is 1.37. The Hall–Kier alpha value is -2.44. The number of halogens is 1. The van der Waals surface area contributed by atoms with Crippen molar-refractivity contribution >= 4 is 5.91 Å². The van der Waals surface area contributed by atoms with Crippen molar-refractivity contribution < 1.29 is 23.7 Å². The van der Waals surface area contributed by atoms with Crippen molar-refractivity contribution in [3.05, 3.63) is 65.0 Å². The van der Waals surface area contributed by atoms with Crippen LogP contribution in [0.2, 0.25) is 0 Å². The van der Waals surface area contributed by atoms with Crippen LogP contribution in [0.1, 0.15) is 16.7 Å². The van der Waals surface area contributed by atoms with E-state index in [1.807, 2.05) is 6.07 Å². The number of hydrogen-bond donors (Lipinski definition) is 3. The number of quaternary nitrogens is 2. The summed E-state index contributed by atoms with van der Waals surface area (Å²) in [5.74, 6) is 0.813. The van der Waals surface area contributed by atoms with E-state index in [0.717, 1.165) is 50.5 Å². The third-order valence-electron chi connectivity index (χ3n) is 5.60. The van der Waals surface area contributed by atoms with Crippen LogP contribution in [-0.4, -0.2) is 52.3 Å². The molecule has 5 nitrogen and oxygen atoms in total. The van der Waals surface area contributed by atoms with E-state index in [4.69, 9.17) is 4.74 Å². The fourth-order valence-corrected chi connectivity index (χ4v) is 3.91. The molecule has 2 aromatic rings. The van der Waals surface area contributed by atoms with Gasteiger partial charge in [-0.05, 0) is 43.2 Å². The molecule has 2 aromatic carbocycles. The van der Waals surface area contributed by atoms with Crippen molar-refractivity contribution in [1.82, 2.24) is 5.32 Å². The second-order valence-electron chi connectivity index (χ2n) is 7.90. The standard InChI is InChI=1S/C23H30FN3O2/c1-18-3-8-22(29-2)20(15-18)16-26-11-13-27(14-12-26)17-23(28)25-10-9-19-4-6-21(24)7-5-19/h3-8,15H,9-14,16-17H2,1-2H3,(H,25,28)/p+2. The van der Waals surface area contributed by atoms with Crippen molar-refractivity contribution in [3.63, 3.8) is 0 Å². The van der Waals surface area contributed by atoms with Crippen molar-refractivity contribution in [2.45, 2.75) is 19.9 Å². The molecule has 0 atom stereocenters. The lowest BCUT2D eigenvalue weighted by Gasteiger charge is -2.29. The van der Waals surface area contributed by atoms with Gasteiger partial charge in [-0.15, -0.1) is 0 Å². The van der Waals surface area contributed by atoms with E-state index in [2.05, 4.69) is 24.4 Å². The fourth-order valence-electron chi connectivity index (χ4n) is 3.91. The molecule has 1 fully saturated rings. The van der Waals surface area contributed by atoms with Crippen molar-refractivity contribution in [2.24, 2.45) is 0 Å². The maximum Gasteiger partial charge on any atom is 0.275 e. The lowest BCUT2D eigenvalue weighted by molar-refractivity contribution is -1.02. The van der Waals surface area contributed by atoms with Crippen LogP contribution >= 0.6 is 0 Å². The Morgan fingerprint density at radius 1 is 1.07 bits per heavy atom. The molecule has 1 heterocycles. The first kappa shape index (κ1) is 21.3. The molecular formula is C23H32FN3O2+2. The van der Waals surface area contributed by atoms with E-state index in [0.29, 0.717) is 13.1 Å². The zero-order chi connectivity index (χ0) is 20.6. The first-order valence-corrected chi connectivity index (χ1v) is 10.4. The summed E-state index contributed by atoms with van der Waals surface area (Å²) in [6.07, 6.45) is 0.720. The van der Waals surface area contributed by atoms with E-state index in [-0.39, 0.29) is 11.7 Å². The largest absolute Gasteiger partial charge is 0.496 e. The average Bonchev–Trinajstić information content (AvgIpc) is 2.71. The molecule has 1 aliphatic heterocycles. The Morgan fingerprint density at radius 3 is 2.45 bits per heavy atom. The Kier molecular flexibility index (Phi) is 7.61. The molecule has 0 aliphatic carbocycles. The summed E-state index contributed by atoms with van der Waals surface area (Å²) < 4.78 is 18.4. The van der Waals surface area contributed by atoms with Gasteiger partial charge < -0.3 is 19.9 Å². The van der Waals surface area contributed by atoms with Gasteiger partial charge in [0, 0.05) is 12.1 Å². The van der Waals surface area contributed by atoms with Gasteiger partial charge in [-0.1, -0.05) is 23.8 Å². The molecule has 1 aliphatic rings. The van der Waals surface area contributed by atoms with Crippen LogP contribution in [0, 0.1) is 12.7 Å². The SMILES string of the molecule is COc1ccc(C)cc1C[NH+]1CC[NH+](CC(=O)NCCc2ccc(F)cc2)CC1. The first-order chi connectivity index (χ1) is 14.0. The van der Waals surface area contributed by atoms with Crippen LogP contribution in [0.25, 0.3) is 0 Å². The molecule has 1 amide bonds. The Morgan fingerprint density at radius 2 is 1.76 bits per heavy atom. The Labute approximate surface area is 172 Å². The van der Waals surface area contributed by atoms with Gasteiger partial charge in [0.15, 0.2) is 6.54 Å². The summed E-state index contributed by atoms with van der Waals surface area (Å²) in [6, 6.07) is 12.8. The highest BCUT2D eigenvalue weighted by Gasteiger charge is 2.25. The van der Waals surface area contributed by atoms with Crippen LogP contribution in [-0.2, 0) is 17.8 Å². The van der Waals surface area contributed by atoms with E-state index >= 15 is 0 Å². The molecule has 6 heteroatoms. The average molecular weight is 402 g/mol. The topological polar surface area (TPSA) is 47.2 Å². The lowest BCUT2D eigenvalue weighted by Crippen LogP contribution is -3.28. The summed E-state index contributed by atoms with van der Waals surface area (Å²) >= 11 is 0. The van der Waals surface area contributed by atoms with Crippen LogP contribution in [0.3, 0.4) is 0 Å².